The molecule has 0 spiro atoms. The van der Waals surface area contributed by atoms with Crippen LogP contribution in [-0.4, -0.2) is 24.7 Å². The van der Waals surface area contributed by atoms with Crippen molar-refractivity contribution in [1.82, 2.24) is 5.32 Å². The van der Waals surface area contributed by atoms with Gasteiger partial charge in [-0.1, -0.05) is 131 Å². The molecule has 0 aliphatic carbocycles. The molecule has 0 saturated carbocycles. The van der Waals surface area contributed by atoms with Crippen LogP contribution >= 0.6 is 0 Å². The van der Waals surface area contributed by atoms with Crippen LogP contribution in [0.4, 0.5) is 0 Å². The van der Waals surface area contributed by atoms with E-state index in [0.717, 1.165) is 32.3 Å². The first-order valence-electron chi connectivity index (χ1n) is 14.3. The van der Waals surface area contributed by atoms with Gasteiger partial charge in [-0.15, -0.1) is 0 Å². The van der Waals surface area contributed by atoms with Gasteiger partial charge >= 0.3 is 0 Å². The number of amides is 1. The minimum absolute atomic E-state index is 0.0689. The minimum Gasteiger partial charge on any atom is -0.376 e. The Bertz CT molecular complexity index is 421. The molecule has 32 heavy (non-hydrogen) atoms. The second-order valence-corrected chi connectivity index (χ2v) is 10.7. The van der Waals surface area contributed by atoms with Crippen molar-refractivity contribution in [3.8, 4) is 0 Å². The molecule has 192 valence electrons. The van der Waals surface area contributed by atoms with Gasteiger partial charge in [-0.25, -0.2) is 0 Å². The number of hydrogen-bond acceptors (Lipinski definition) is 2. The van der Waals surface area contributed by atoms with Crippen LogP contribution in [-0.2, 0) is 9.53 Å². The van der Waals surface area contributed by atoms with E-state index < -0.39 is 0 Å². The number of rotatable bonds is 23. The van der Waals surface area contributed by atoms with E-state index in [2.05, 4.69) is 46.9 Å². The summed E-state index contributed by atoms with van der Waals surface area (Å²) in [6.45, 7) is 13.8. The van der Waals surface area contributed by atoms with Gasteiger partial charge in [0.15, 0.2) is 0 Å². The maximum Gasteiger partial charge on any atom is 0.225 e. The summed E-state index contributed by atoms with van der Waals surface area (Å²) in [6.07, 6.45) is 23.0. The highest BCUT2D eigenvalue weighted by Crippen LogP contribution is 2.25. The van der Waals surface area contributed by atoms with Crippen molar-refractivity contribution < 1.29 is 9.53 Å². The first-order valence-corrected chi connectivity index (χ1v) is 14.3. The molecule has 0 aromatic rings. The number of unbranched alkanes of at least 4 members (excludes halogenated alkanes) is 14. The predicted molar refractivity (Wildman–Crippen MR) is 141 cm³/mol. The second kappa shape index (κ2) is 21.0. The highest BCUT2D eigenvalue weighted by Gasteiger charge is 2.29. The van der Waals surface area contributed by atoms with Gasteiger partial charge in [0, 0.05) is 12.0 Å². The van der Waals surface area contributed by atoms with Gasteiger partial charge in [0.25, 0.3) is 0 Å². The van der Waals surface area contributed by atoms with E-state index in [0.29, 0.717) is 0 Å². The Hall–Kier alpha value is -0.570. The van der Waals surface area contributed by atoms with E-state index in [1.165, 1.54) is 89.9 Å². The van der Waals surface area contributed by atoms with E-state index in [9.17, 15) is 4.79 Å². The summed E-state index contributed by atoms with van der Waals surface area (Å²) < 4.78 is 6.15. The average Bonchev–Trinajstić information content (AvgIpc) is 2.76. The molecule has 3 heteroatoms. The lowest BCUT2D eigenvalue weighted by Gasteiger charge is -2.29. The lowest BCUT2D eigenvalue weighted by Crippen LogP contribution is -2.47. The quantitative estimate of drug-likeness (QED) is 0.157. The topological polar surface area (TPSA) is 38.3 Å². The highest BCUT2D eigenvalue weighted by molar-refractivity contribution is 5.82. The molecular weight excluding hydrogens is 394 g/mol. The third-order valence-electron chi connectivity index (χ3n) is 6.92. The van der Waals surface area contributed by atoms with E-state index in [1.807, 2.05) is 0 Å². The Balaban J connectivity index is 4.00. The summed E-state index contributed by atoms with van der Waals surface area (Å²) in [6, 6.07) is 0.0689. The number of hydrogen-bond donors (Lipinski definition) is 1. The predicted octanol–water partition coefficient (Wildman–Crippen LogP) is 8.98. The Morgan fingerprint density at radius 1 is 0.719 bits per heavy atom. The lowest BCUT2D eigenvalue weighted by atomic mass is 9.85. The summed E-state index contributed by atoms with van der Waals surface area (Å²) in [4.78, 5) is 12.9. The average molecular weight is 454 g/mol. The normalized spacial score (nSPS) is 13.8. The van der Waals surface area contributed by atoms with Crippen molar-refractivity contribution in [3.63, 3.8) is 0 Å². The Morgan fingerprint density at radius 2 is 1.16 bits per heavy atom. The summed E-state index contributed by atoms with van der Waals surface area (Å²) in [5, 5.41) is 3.26. The highest BCUT2D eigenvalue weighted by atomic mass is 16.5. The van der Waals surface area contributed by atoms with Gasteiger partial charge in [-0.05, 0) is 26.2 Å². The molecule has 0 aliphatic heterocycles. The molecule has 0 fully saturated rings. The maximum atomic E-state index is 12.9. The molecule has 2 atom stereocenters. The first kappa shape index (κ1) is 31.4. The monoisotopic (exact) mass is 453 g/mol. The SMILES string of the molecule is CCCCCCCCCCOC(CC)C(C)NC(=O)C(C)(C)CCCCCCCCCC. The lowest BCUT2D eigenvalue weighted by molar-refractivity contribution is -0.131. The third kappa shape index (κ3) is 17.0. The molecule has 1 N–H and O–H groups in total. The molecular formula is C29H59NO2. The van der Waals surface area contributed by atoms with Gasteiger partial charge in [0.05, 0.1) is 12.1 Å². The molecule has 0 aromatic carbocycles. The molecule has 0 saturated heterocycles. The van der Waals surface area contributed by atoms with Crippen LogP contribution in [0.3, 0.4) is 0 Å². The molecule has 0 aromatic heterocycles. The molecule has 0 rings (SSSR count). The van der Waals surface area contributed by atoms with E-state index in [1.54, 1.807) is 0 Å². The Labute approximate surface area is 202 Å². The summed E-state index contributed by atoms with van der Waals surface area (Å²) >= 11 is 0. The molecule has 0 heterocycles. The van der Waals surface area contributed by atoms with Gasteiger partial charge in [0.2, 0.25) is 5.91 Å². The molecule has 0 bridgehead atoms. The second-order valence-electron chi connectivity index (χ2n) is 10.7. The van der Waals surface area contributed by atoms with Crippen LogP contribution in [0.2, 0.25) is 0 Å². The van der Waals surface area contributed by atoms with Crippen LogP contribution in [0, 0.1) is 5.41 Å². The largest absolute Gasteiger partial charge is 0.376 e. The number of ether oxygens (including phenoxy) is 1. The number of carbonyl (C=O) groups is 1. The Morgan fingerprint density at radius 3 is 1.62 bits per heavy atom. The van der Waals surface area contributed by atoms with Crippen LogP contribution in [0.25, 0.3) is 0 Å². The fourth-order valence-electron chi connectivity index (χ4n) is 4.40. The van der Waals surface area contributed by atoms with Crippen LogP contribution < -0.4 is 5.32 Å². The van der Waals surface area contributed by atoms with Crippen molar-refractivity contribution in [2.75, 3.05) is 6.61 Å². The van der Waals surface area contributed by atoms with Crippen molar-refractivity contribution in [2.45, 2.75) is 169 Å². The fourth-order valence-corrected chi connectivity index (χ4v) is 4.40. The smallest absolute Gasteiger partial charge is 0.225 e. The first-order chi connectivity index (χ1) is 15.4. The summed E-state index contributed by atoms with van der Waals surface area (Å²) in [7, 11) is 0. The summed E-state index contributed by atoms with van der Waals surface area (Å²) in [5.74, 6) is 0.182. The van der Waals surface area contributed by atoms with Crippen molar-refractivity contribution in [3.05, 3.63) is 0 Å². The molecule has 1 amide bonds. The zero-order chi connectivity index (χ0) is 24.1. The van der Waals surface area contributed by atoms with E-state index >= 15 is 0 Å². The van der Waals surface area contributed by atoms with Gasteiger partial charge in [-0.3, -0.25) is 4.79 Å². The van der Waals surface area contributed by atoms with Crippen LogP contribution in [0.5, 0.6) is 0 Å². The zero-order valence-corrected chi connectivity index (χ0v) is 22.9. The third-order valence-corrected chi connectivity index (χ3v) is 6.92. The van der Waals surface area contributed by atoms with E-state index in [-0.39, 0.29) is 23.5 Å². The fraction of sp³-hybridized carbons (Fsp3) is 0.966. The molecule has 3 nitrogen and oxygen atoms in total. The minimum atomic E-state index is -0.299. The number of nitrogens with one attached hydrogen (secondary N) is 1. The molecule has 2 unspecified atom stereocenters. The van der Waals surface area contributed by atoms with E-state index in [4.69, 9.17) is 4.74 Å². The van der Waals surface area contributed by atoms with Crippen molar-refractivity contribution >= 4 is 5.91 Å². The van der Waals surface area contributed by atoms with Gasteiger partial charge < -0.3 is 10.1 Å². The van der Waals surface area contributed by atoms with Crippen LogP contribution in [0.1, 0.15) is 157 Å². The molecule has 0 radical (unpaired) electrons. The van der Waals surface area contributed by atoms with Crippen LogP contribution in [0.15, 0.2) is 0 Å². The zero-order valence-electron chi connectivity index (χ0n) is 22.9. The number of carbonyl (C=O) groups excluding carboxylic acids is 1. The van der Waals surface area contributed by atoms with Gasteiger partial charge in [0.1, 0.15) is 0 Å². The molecule has 0 aliphatic rings. The maximum absolute atomic E-state index is 12.9. The summed E-state index contributed by atoms with van der Waals surface area (Å²) in [5.41, 5.74) is -0.299. The van der Waals surface area contributed by atoms with Gasteiger partial charge in [-0.2, -0.15) is 0 Å². The van der Waals surface area contributed by atoms with Crippen molar-refractivity contribution in [1.29, 1.82) is 0 Å². The standard InChI is InChI=1S/C29H59NO2/c1-7-10-12-14-16-18-20-22-24-29(5,6)28(31)30-26(4)27(9-3)32-25-23-21-19-17-15-13-11-8-2/h26-27H,7-25H2,1-6H3,(H,30,31). The Kier molecular flexibility index (Phi) is 20.6. The van der Waals surface area contributed by atoms with Crippen molar-refractivity contribution in [2.24, 2.45) is 5.41 Å².